The van der Waals surface area contributed by atoms with Gasteiger partial charge in [0.25, 0.3) is 0 Å². The summed E-state index contributed by atoms with van der Waals surface area (Å²) >= 11 is 0. The molecule has 8 nitrogen and oxygen atoms in total. The number of H-pyrrole nitrogens is 1. The number of aryl methyl sites for hydroxylation is 1. The maximum absolute atomic E-state index is 13.6. The Morgan fingerprint density at radius 3 is 2.91 bits per heavy atom. The third-order valence-electron chi connectivity index (χ3n) is 7.01. The van der Waals surface area contributed by atoms with E-state index in [9.17, 15) is 9.59 Å². The smallest absolute Gasteiger partial charge is 0.245 e. The van der Waals surface area contributed by atoms with E-state index in [4.69, 9.17) is 0 Å². The minimum atomic E-state index is -0.587. The molecular weight excluding hydrogens is 416 g/mol. The maximum Gasteiger partial charge on any atom is 0.245 e. The standard InChI is InChI=1S/C25H32N6O2/c1-17(32)27-22(14-19-15-26-21-10-5-4-9-20(19)21)25(33)30-12-7-8-18(16-30)24-29-28-23-11-3-2-6-13-31(23)24/h4-5,9-10,15,18,22,26H,2-3,6-8,11-14,16H2,1H3,(H,27,32). The fourth-order valence-corrected chi connectivity index (χ4v) is 5.38. The van der Waals surface area contributed by atoms with E-state index < -0.39 is 6.04 Å². The van der Waals surface area contributed by atoms with Gasteiger partial charge in [0.1, 0.15) is 17.7 Å². The lowest BCUT2D eigenvalue weighted by molar-refractivity contribution is -0.137. The summed E-state index contributed by atoms with van der Waals surface area (Å²) in [6.45, 7) is 3.78. The second-order valence-electron chi connectivity index (χ2n) is 9.38. The Labute approximate surface area is 193 Å². The van der Waals surface area contributed by atoms with Gasteiger partial charge < -0.3 is 19.8 Å². The Kier molecular flexibility index (Phi) is 6.15. The molecule has 0 aliphatic carbocycles. The zero-order valence-corrected chi connectivity index (χ0v) is 19.2. The molecule has 2 atom stereocenters. The number of fused-ring (bicyclic) bond motifs is 2. The Hall–Kier alpha value is -3.16. The van der Waals surface area contributed by atoms with Crippen LogP contribution in [0.25, 0.3) is 10.9 Å². The van der Waals surface area contributed by atoms with E-state index in [1.807, 2.05) is 35.4 Å². The summed E-state index contributed by atoms with van der Waals surface area (Å²) in [5, 5.41) is 13.0. The number of rotatable bonds is 5. The molecule has 2 aliphatic heterocycles. The SMILES string of the molecule is CC(=O)NC(Cc1c[nH]c2ccccc12)C(=O)N1CCCC(c2nnc3n2CCCCC3)C1. The molecule has 33 heavy (non-hydrogen) atoms. The van der Waals surface area contributed by atoms with Crippen molar-refractivity contribution in [2.75, 3.05) is 13.1 Å². The summed E-state index contributed by atoms with van der Waals surface area (Å²) in [4.78, 5) is 30.8. The van der Waals surface area contributed by atoms with Crippen LogP contribution in [-0.2, 0) is 29.0 Å². The number of amides is 2. The molecule has 174 valence electrons. The van der Waals surface area contributed by atoms with E-state index in [2.05, 4.69) is 25.1 Å². The largest absolute Gasteiger partial charge is 0.361 e. The number of carbonyl (C=O) groups is 2. The van der Waals surface area contributed by atoms with E-state index in [0.29, 0.717) is 19.5 Å². The van der Waals surface area contributed by atoms with Gasteiger partial charge in [0.15, 0.2) is 0 Å². The van der Waals surface area contributed by atoms with Crippen molar-refractivity contribution in [3.05, 3.63) is 47.7 Å². The molecule has 1 aromatic carbocycles. The van der Waals surface area contributed by atoms with Gasteiger partial charge >= 0.3 is 0 Å². The Morgan fingerprint density at radius 1 is 1.15 bits per heavy atom. The second kappa shape index (κ2) is 9.37. The molecule has 8 heteroatoms. The minimum Gasteiger partial charge on any atom is -0.361 e. The first-order valence-electron chi connectivity index (χ1n) is 12.1. The molecule has 1 fully saturated rings. The number of aromatic nitrogens is 4. The van der Waals surface area contributed by atoms with Crippen LogP contribution in [0.3, 0.4) is 0 Å². The molecule has 3 aromatic rings. The van der Waals surface area contributed by atoms with Crippen LogP contribution in [0.5, 0.6) is 0 Å². The third-order valence-corrected chi connectivity index (χ3v) is 7.01. The van der Waals surface area contributed by atoms with E-state index in [-0.39, 0.29) is 17.7 Å². The quantitative estimate of drug-likeness (QED) is 0.627. The molecule has 2 aliphatic rings. The highest BCUT2D eigenvalue weighted by molar-refractivity contribution is 5.89. The summed E-state index contributed by atoms with van der Waals surface area (Å²) in [5.74, 6) is 2.09. The fraction of sp³-hybridized carbons (Fsp3) is 0.520. The van der Waals surface area contributed by atoms with Gasteiger partial charge in [0.05, 0.1) is 0 Å². The molecule has 2 amide bonds. The molecule has 0 saturated carbocycles. The Morgan fingerprint density at radius 2 is 2.03 bits per heavy atom. The van der Waals surface area contributed by atoms with Crippen molar-refractivity contribution in [1.29, 1.82) is 0 Å². The average molecular weight is 449 g/mol. The summed E-state index contributed by atoms with van der Waals surface area (Å²) in [6.07, 6.45) is 8.87. The van der Waals surface area contributed by atoms with Gasteiger partial charge in [-0.3, -0.25) is 9.59 Å². The van der Waals surface area contributed by atoms with Crippen LogP contribution in [0.1, 0.15) is 62.2 Å². The Bertz CT molecular complexity index is 1150. The fourth-order valence-electron chi connectivity index (χ4n) is 5.38. The molecule has 1 saturated heterocycles. The number of aromatic amines is 1. The molecule has 0 radical (unpaired) electrons. The minimum absolute atomic E-state index is 0.0178. The summed E-state index contributed by atoms with van der Waals surface area (Å²) < 4.78 is 2.29. The van der Waals surface area contributed by atoms with Gasteiger partial charge in [-0.05, 0) is 37.3 Å². The van der Waals surface area contributed by atoms with E-state index in [0.717, 1.165) is 60.3 Å². The van der Waals surface area contributed by atoms with Crippen molar-refractivity contribution in [2.24, 2.45) is 0 Å². The summed E-state index contributed by atoms with van der Waals surface area (Å²) in [6, 6.07) is 7.45. The van der Waals surface area contributed by atoms with E-state index in [1.165, 1.54) is 19.8 Å². The van der Waals surface area contributed by atoms with Gasteiger partial charge in [0, 0.05) is 62.4 Å². The van der Waals surface area contributed by atoms with Gasteiger partial charge in [-0.2, -0.15) is 0 Å². The van der Waals surface area contributed by atoms with Crippen LogP contribution in [0, 0.1) is 0 Å². The first kappa shape index (κ1) is 21.7. The number of piperidine rings is 1. The predicted molar refractivity (Wildman–Crippen MR) is 126 cm³/mol. The number of nitrogens with zero attached hydrogens (tertiary/aromatic N) is 4. The summed E-state index contributed by atoms with van der Waals surface area (Å²) in [7, 11) is 0. The Balaban J connectivity index is 1.34. The van der Waals surface area contributed by atoms with Crippen molar-refractivity contribution in [3.63, 3.8) is 0 Å². The zero-order valence-electron chi connectivity index (χ0n) is 19.2. The first-order chi connectivity index (χ1) is 16.1. The zero-order chi connectivity index (χ0) is 22.8. The van der Waals surface area contributed by atoms with Crippen molar-refractivity contribution in [1.82, 2.24) is 30.0 Å². The number of hydrogen-bond acceptors (Lipinski definition) is 4. The van der Waals surface area contributed by atoms with Crippen molar-refractivity contribution >= 4 is 22.7 Å². The molecule has 2 aromatic heterocycles. The average Bonchev–Trinajstić information content (AvgIpc) is 3.34. The highest BCUT2D eigenvalue weighted by Gasteiger charge is 2.33. The molecule has 2 unspecified atom stereocenters. The molecule has 4 heterocycles. The van der Waals surface area contributed by atoms with Crippen LogP contribution in [0.2, 0.25) is 0 Å². The number of carbonyl (C=O) groups excluding carboxylic acids is 2. The normalized spacial score (nSPS) is 19.7. The van der Waals surface area contributed by atoms with Crippen molar-refractivity contribution < 1.29 is 9.59 Å². The van der Waals surface area contributed by atoms with Crippen LogP contribution >= 0.6 is 0 Å². The van der Waals surface area contributed by atoms with Crippen LogP contribution in [0.4, 0.5) is 0 Å². The highest BCUT2D eigenvalue weighted by atomic mass is 16.2. The van der Waals surface area contributed by atoms with Gasteiger partial charge in [-0.1, -0.05) is 24.6 Å². The van der Waals surface area contributed by atoms with E-state index in [1.54, 1.807) is 0 Å². The number of benzene rings is 1. The van der Waals surface area contributed by atoms with Crippen molar-refractivity contribution in [3.8, 4) is 0 Å². The van der Waals surface area contributed by atoms with Crippen LogP contribution in [0.15, 0.2) is 30.5 Å². The summed E-state index contributed by atoms with van der Waals surface area (Å²) in [5.41, 5.74) is 2.07. The van der Waals surface area contributed by atoms with Gasteiger partial charge in [-0.25, -0.2) is 0 Å². The monoisotopic (exact) mass is 448 g/mol. The number of likely N-dealkylation sites (tertiary alicyclic amines) is 1. The molecule has 2 N–H and O–H groups in total. The lowest BCUT2D eigenvalue weighted by Gasteiger charge is -2.35. The predicted octanol–water partition coefficient (Wildman–Crippen LogP) is 2.94. The molecule has 5 rings (SSSR count). The third kappa shape index (κ3) is 4.51. The molecule has 0 spiro atoms. The number of para-hydroxylation sites is 1. The number of nitrogens with one attached hydrogen (secondary N) is 2. The van der Waals surface area contributed by atoms with Gasteiger partial charge in [0.2, 0.25) is 11.8 Å². The van der Waals surface area contributed by atoms with Crippen molar-refractivity contribution in [2.45, 2.75) is 70.4 Å². The lowest BCUT2D eigenvalue weighted by Crippen LogP contribution is -2.51. The van der Waals surface area contributed by atoms with Crippen LogP contribution < -0.4 is 5.32 Å². The van der Waals surface area contributed by atoms with Gasteiger partial charge in [-0.15, -0.1) is 10.2 Å². The topological polar surface area (TPSA) is 95.9 Å². The molecular formula is C25H32N6O2. The second-order valence-corrected chi connectivity index (χ2v) is 9.38. The lowest BCUT2D eigenvalue weighted by atomic mass is 9.95. The maximum atomic E-state index is 13.6. The van der Waals surface area contributed by atoms with Crippen LogP contribution in [-0.4, -0.2) is 55.6 Å². The number of hydrogen-bond donors (Lipinski definition) is 2. The highest BCUT2D eigenvalue weighted by Crippen LogP contribution is 2.29. The molecule has 0 bridgehead atoms. The van der Waals surface area contributed by atoms with E-state index >= 15 is 0 Å². The first-order valence-corrected chi connectivity index (χ1v) is 12.1.